The number of carbonyl (C=O) groups excluding carboxylic acids is 1. The molecule has 2 nitrogen and oxygen atoms in total. The molecule has 116 valence electrons. The molecule has 2 rings (SSSR count). The molecule has 0 saturated carbocycles. The molecule has 0 unspecified atom stereocenters. The minimum atomic E-state index is -0.214. The Morgan fingerprint density at radius 3 is 1.95 bits per heavy atom. The van der Waals surface area contributed by atoms with Crippen molar-refractivity contribution in [1.82, 2.24) is 0 Å². The Bertz CT molecular complexity index is 553. The first kappa shape index (κ1) is 16.1. The second-order valence-corrected chi connectivity index (χ2v) is 7.57. The van der Waals surface area contributed by atoms with Gasteiger partial charge in [-0.15, -0.1) is 0 Å². The van der Waals surface area contributed by atoms with Gasteiger partial charge in [0.1, 0.15) is 6.61 Å². The molecule has 0 saturated heterocycles. The van der Waals surface area contributed by atoms with Gasteiger partial charge in [-0.2, -0.15) is 0 Å². The maximum absolute atomic E-state index is 11.1. The van der Waals surface area contributed by atoms with Crippen LogP contribution in [0.5, 0.6) is 0 Å². The summed E-state index contributed by atoms with van der Waals surface area (Å²) in [4.78, 5) is 11.1. The SMILES string of the molecule is CCc1cc2c(cc1COC(C)=O)C(C)(C)CCC2(C)C. The van der Waals surface area contributed by atoms with Gasteiger partial charge in [0.2, 0.25) is 0 Å². The summed E-state index contributed by atoms with van der Waals surface area (Å²) in [5.41, 5.74) is 5.80. The van der Waals surface area contributed by atoms with E-state index in [1.165, 1.54) is 36.5 Å². The molecular weight excluding hydrogens is 260 g/mol. The monoisotopic (exact) mass is 288 g/mol. The lowest BCUT2D eigenvalue weighted by Gasteiger charge is -2.42. The molecule has 0 N–H and O–H groups in total. The topological polar surface area (TPSA) is 26.3 Å². The van der Waals surface area contributed by atoms with Gasteiger partial charge in [-0.1, -0.05) is 46.8 Å². The molecule has 2 heteroatoms. The Balaban J connectivity index is 2.53. The highest BCUT2D eigenvalue weighted by molar-refractivity contribution is 5.66. The predicted octanol–water partition coefficient (Wildman–Crippen LogP) is 4.66. The number of esters is 1. The minimum absolute atomic E-state index is 0.197. The zero-order valence-electron chi connectivity index (χ0n) is 14.3. The summed E-state index contributed by atoms with van der Waals surface area (Å²) in [5, 5.41) is 0. The highest BCUT2D eigenvalue weighted by Gasteiger charge is 2.37. The van der Waals surface area contributed by atoms with Crippen LogP contribution in [0.1, 0.15) is 76.6 Å². The Kier molecular flexibility index (Phi) is 4.19. The van der Waals surface area contributed by atoms with Crippen LogP contribution in [0.2, 0.25) is 0 Å². The molecule has 1 aliphatic rings. The van der Waals surface area contributed by atoms with Crippen molar-refractivity contribution in [3.63, 3.8) is 0 Å². The van der Waals surface area contributed by atoms with E-state index in [2.05, 4.69) is 46.8 Å². The molecule has 0 atom stereocenters. The van der Waals surface area contributed by atoms with E-state index in [1.54, 1.807) is 0 Å². The predicted molar refractivity (Wildman–Crippen MR) is 86.6 cm³/mol. The van der Waals surface area contributed by atoms with Crippen LogP contribution in [0.4, 0.5) is 0 Å². The summed E-state index contributed by atoms with van der Waals surface area (Å²) in [6.07, 6.45) is 3.39. The number of aryl methyl sites for hydroxylation is 1. The zero-order chi connectivity index (χ0) is 15.8. The summed E-state index contributed by atoms with van der Waals surface area (Å²) in [6.45, 7) is 13.3. The number of hydrogen-bond donors (Lipinski definition) is 0. The van der Waals surface area contributed by atoms with Crippen LogP contribution in [-0.4, -0.2) is 5.97 Å². The second kappa shape index (κ2) is 5.47. The lowest BCUT2D eigenvalue weighted by Crippen LogP contribution is -2.34. The normalized spacial score (nSPS) is 19.0. The van der Waals surface area contributed by atoms with Crippen LogP contribution in [0.25, 0.3) is 0 Å². The quantitative estimate of drug-likeness (QED) is 0.756. The third-order valence-electron chi connectivity index (χ3n) is 4.98. The van der Waals surface area contributed by atoms with Crippen molar-refractivity contribution in [1.29, 1.82) is 0 Å². The van der Waals surface area contributed by atoms with Crippen molar-refractivity contribution in [3.8, 4) is 0 Å². The third-order valence-corrected chi connectivity index (χ3v) is 4.98. The van der Waals surface area contributed by atoms with Crippen LogP contribution >= 0.6 is 0 Å². The molecule has 0 amide bonds. The smallest absolute Gasteiger partial charge is 0.302 e. The average Bonchev–Trinajstić information content (AvgIpc) is 2.41. The minimum Gasteiger partial charge on any atom is -0.461 e. The first-order valence-electron chi connectivity index (χ1n) is 7.97. The van der Waals surface area contributed by atoms with Crippen molar-refractivity contribution in [2.24, 2.45) is 0 Å². The molecule has 0 fully saturated rings. The van der Waals surface area contributed by atoms with Crippen LogP contribution in [0.15, 0.2) is 12.1 Å². The molecule has 1 aromatic rings. The molecule has 1 aromatic carbocycles. The van der Waals surface area contributed by atoms with Gasteiger partial charge >= 0.3 is 5.97 Å². The van der Waals surface area contributed by atoms with Crippen LogP contribution in [0.3, 0.4) is 0 Å². The van der Waals surface area contributed by atoms with Crippen molar-refractivity contribution in [2.75, 3.05) is 0 Å². The van der Waals surface area contributed by atoms with E-state index in [0.29, 0.717) is 6.61 Å². The standard InChI is InChI=1S/C19H28O2/c1-7-14-10-16-17(11-15(14)12-21-13(2)20)19(5,6)9-8-18(16,3)4/h10-11H,7-9,12H2,1-6H3. The van der Waals surface area contributed by atoms with Crippen LogP contribution < -0.4 is 0 Å². The highest BCUT2D eigenvalue weighted by atomic mass is 16.5. The van der Waals surface area contributed by atoms with Crippen LogP contribution in [-0.2, 0) is 33.4 Å². The summed E-state index contributed by atoms with van der Waals surface area (Å²) in [6, 6.07) is 4.65. The number of ether oxygens (including phenoxy) is 1. The van der Waals surface area contributed by atoms with Gasteiger partial charge in [0.15, 0.2) is 0 Å². The van der Waals surface area contributed by atoms with Gasteiger partial charge in [-0.3, -0.25) is 4.79 Å². The Hall–Kier alpha value is -1.31. The second-order valence-electron chi connectivity index (χ2n) is 7.57. The number of fused-ring (bicyclic) bond motifs is 1. The average molecular weight is 288 g/mol. The molecular formula is C19H28O2. The van der Waals surface area contributed by atoms with E-state index in [0.717, 1.165) is 12.0 Å². The van der Waals surface area contributed by atoms with Crippen molar-refractivity contribution in [3.05, 3.63) is 34.4 Å². The molecule has 0 bridgehead atoms. The summed E-state index contributed by atoms with van der Waals surface area (Å²) >= 11 is 0. The van der Waals surface area contributed by atoms with Gasteiger partial charge in [0.25, 0.3) is 0 Å². The third kappa shape index (κ3) is 3.14. The lowest BCUT2D eigenvalue weighted by molar-refractivity contribution is -0.142. The molecule has 21 heavy (non-hydrogen) atoms. The summed E-state index contributed by atoms with van der Waals surface area (Å²) in [7, 11) is 0. The molecule has 0 heterocycles. The van der Waals surface area contributed by atoms with E-state index >= 15 is 0 Å². The Morgan fingerprint density at radius 1 is 1.05 bits per heavy atom. The Morgan fingerprint density at radius 2 is 1.52 bits per heavy atom. The fourth-order valence-electron chi connectivity index (χ4n) is 3.35. The van der Waals surface area contributed by atoms with E-state index < -0.39 is 0 Å². The van der Waals surface area contributed by atoms with Gasteiger partial charge < -0.3 is 4.74 Å². The molecule has 0 aromatic heterocycles. The largest absolute Gasteiger partial charge is 0.461 e. The van der Waals surface area contributed by atoms with Crippen molar-refractivity contribution >= 4 is 5.97 Å². The van der Waals surface area contributed by atoms with Crippen LogP contribution in [0, 0.1) is 0 Å². The molecule has 1 aliphatic carbocycles. The lowest BCUT2D eigenvalue weighted by atomic mass is 9.62. The van der Waals surface area contributed by atoms with Gasteiger partial charge in [-0.05, 0) is 52.3 Å². The number of carbonyl (C=O) groups is 1. The zero-order valence-corrected chi connectivity index (χ0v) is 14.3. The van der Waals surface area contributed by atoms with E-state index in [1.807, 2.05) is 0 Å². The summed E-state index contributed by atoms with van der Waals surface area (Å²) < 4.78 is 5.24. The summed E-state index contributed by atoms with van der Waals surface area (Å²) in [5.74, 6) is -0.214. The highest BCUT2D eigenvalue weighted by Crippen LogP contribution is 2.46. The molecule has 0 radical (unpaired) electrons. The first-order valence-corrected chi connectivity index (χ1v) is 7.97. The first-order chi connectivity index (χ1) is 9.67. The number of benzene rings is 1. The fourth-order valence-corrected chi connectivity index (χ4v) is 3.35. The fraction of sp³-hybridized carbons (Fsp3) is 0.632. The van der Waals surface area contributed by atoms with E-state index in [-0.39, 0.29) is 16.8 Å². The van der Waals surface area contributed by atoms with Gasteiger partial charge in [-0.25, -0.2) is 0 Å². The van der Waals surface area contributed by atoms with E-state index in [4.69, 9.17) is 4.74 Å². The molecule has 0 spiro atoms. The number of hydrogen-bond acceptors (Lipinski definition) is 2. The van der Waals surface area contributed by atoms with Gasteiger partial charge in [0, 0.05) is 6.92 Å². The number of rotatable bonds is 3. The maximum atomic E-state index is 11.1. The van der Waals surface area contributed by atoms with Crippen molar-refractivity contribution in [2.45, 2.75) is 78.2 Å². The Labute approximate surface area is 128 Å². The molecule has 0 aliphatic heterocycles. The van der Waals surface area contributed by atoms with Crippen molar-refractivity contribution < 1.29 is 9.53 Å². The maximum Gasteiger partial charge on any atom is 0.302 e. The van der Waals surface area contributed by atoms with E-state index in [9.17, 15) is 4.79 Å². The van der Waals surface area contributed by atoms with Gasteiger partial charge in [0.05, 0.1) is 0 Å².